The van der Waals surface area contributed by atoms with E-state index < -0.39 is 0 Å². The van der Waals surface area contributed by atoms with Crippen molar-refractivity contribution >= 4 is 0 Å². The molecule has 0 unspecified atom stereocenters. The number of hydrogen-bond acceptors (Lipinski definition) is 5. The smallest absolute Gasteiger partial charge is 0.290 e. The van der Waals surface area contributed by atoms with Gasteiger partial charge in [-0.1, -0.05) is 89.6 Å². The minimum Gasteiger partial charge on any atom is -0.290 e. The molecular formula is C31H35N7O. The molecule has 200 valence electrons. The second kappa shape index (κ2) is 10.8. The number of tetrazole rings is 1. The monoisotopic (exact) mass is 521 g/mol. The molecule has 0 radical (unpaired) electrons. The van der Waals surface area contributed by atoms with Gasteiger partial charge in [-0.15, -0.1) is 10.2 Å². The Kier molecular flexibility index (Phi) is 7.28. The predicted octanol–water partition coefficient (Wildman–Crippen LogP) is 5.74. The third-order valence-electron chi connectivity index (χ3n) is 7.09. The standard InChI is InChI=1S/C31H35N7O/c1-6-11-24-20-38(28-21(7-2)12-10-15-27(28)31(3,4)5)30(39)37(24)19-23-17-16-22(18-32-23)25-13-8-9-14-26(25)29-33-35-36-34-29/h8-10,12-18,20H,6-7,11,19H2,1-5H3,(H,33,34,35,36). The van der Waals surface area contributed by atoms with Crippen LogP contribution >= 0.6 is 0 Å². The molecule has 0 atom stereocenters. The Hall–Kier alpha value is -4.33. The van der Waals surface area contributed by atoms with Crippen LogP contribution in [-0.4, -0.2) is 34.7 Å². The van der Waals surface area contributed by atoms with Gasteiger partial charge in [0, 0.05) is 29.2 Å². The molecule has 0 fully saturated rings. The number of rotatable bonds is 8. The summed E-state index contributed by atoms with van der Waals surface area (Å²) in [5.74, 6) is 0.536. The van der Waals surface area contributed by atoms with Crippen LogP contribution in [0.5, 0.6) is 0 Å². The van der Waals surface area contributed by atoms with Crippen molar-refractivity contribution in [2.75, 3.05) is 0 Å². The molecule has 8 heteroatoms. The number of H-pyrrole nitrogens is 1. The van der Waals surface area contributed by atoms with Gasteiger partial charge in [0.05, 0.1) is 17.9 Å². The summed E-state index contributed by atoms with van der Waals surface area (Å²) < 4.78 is 3.73. The van der Waals surface area contributed by atoms with Gasteiger partial charge >= 0.3 is 5.69 Å². The summed E-state index contributed by atoms with van der Waals surface area (Å²) in [6, 6.07) is 18.3. The number of aromatic amines is 1. The first-order valence-corrected chi connectivity index (χ1v) is 13.5. The molecule has 39 heavy (non-hydrogen) atoms. The zero-order valence-electron chi connectivity index (χ0n) is 23.3. The Labute approximate surface area is 228 Å². The molecule has 8 nitrogen and oxygen atoms in total. The van der Waals surface area contributed by atoms with E-state index in [2.05, 4.69) is 73.4 Å². The number of benzene rings is 2. The van der Waals surface area contributed by atoms with E-state index in [-0.39, 0.29) is 11.1 Å². The number of hydrogen-bond donors (Lipinski definition) is 1. The van der Waals surface area contributed by atoms with E-state index in [1.165, 1.54) is 11.1 Å². The summed E-state index contributed by atoms with van der Waals surface area (Å²) in [7, 11) is 0. The third-order valence-corrected chi connectivity index (χ3v) is 7.09. The molecule has 0 aliphatic carbocycles. The Bertz CT molecular complexity index is 1620. The van der Waals surface area contributed by atoms with E-state index in [0.29, 0.717) is 12.4 Å². The number of imidazole rings is 1. The van der Waals surface area contributed by atoms with Gasteiger partial charge in [0.1, 0.15) is 0 Å². The van der Waals surface area contributed by atoms with Crippen molar-refractivity contribution in [3.8, 4) is 28.2 Å². The van der Waals surface area contributed by atoms with E-state index in [0.717, 1.165) is 53.0 Å². The minimum absolute atomic E-state index is 0.0295. The highest BCUT2D eigenvalue weighted by atomic mass is 16.1. The zero-order chi connectivity index (χ0) is 27.6. The molecular weight excluding hydrogens is 486 g/mol. The van der Waals surface area contributed by atoms with Gasteiger partial charge in [0.25, 0.3) is 0 Å². The van der Waals surface area contributed by atoms with E-state index in [4.69, 9.17) is 4.98 Å². The topological polar surface area (TPSA) is 94.3 Å². The average molecular weight is 522 g/mol. The third kappa shape index (κ3) is 5.19. The van der Waals surface area contributed by atoms with Crippen molar-refractivity contribution < 1.29 is 0 Å². The van der Waals surface area contributed by atoms with Gasteiger partial charge in [-0.05, 0) is 46.2 Å². The lowest BCUT2D eigenvalue weighted by molar-refractivity contribution is 0.583. The van der Waals surface area contributed by atoms with Crippen LogP contribution in [0, 0.1) is 0 Å². The van der Waals surface area contributed by atoms with Crippen LogP contribution in [0.15, 0.2) is 71.8 Å². The molecule has 0 bridgehead atoms. The van der Waals surface area contributed by atoms with Crippen molar-refractivity contribution in [3.63, 3.8) is 0 Å². The second-order valence-corrected chi connectivity index (χ2v) is 10.8. The maximum absolute atomic E-state index is 14.0. The summed E-state index contributed by atoms with van der Waals surface area (Å²) in [5.41, 5.74) is 7.87. The van der Waals surface area contributed by atoms with E-state index >= 15 is 0 Å². The van der Waals surface area contributed by atoms with Gasteiger partial charge in [-0.3, -0.25) is 14.1 Å². The lowest BCUT2D eigenvalue weighted by Gasteiger charge is -2.25. The fraction of sp³-hybridized carbons (Fsp3) is 0.323. The minimum atomic E-state index is -0.0951. The van der Waals surface area contributed by atoms with Gasteiger partial charge in [0.2, 0.25) is 5.82 Å². The molecule has 5 aromatic rings. The molecule has 3 heterocycles. The summed E-state index contributed by atoms with van der Waals surface area (Å²) in [5, 5.41) is 14.5. The van der Waals surface area contributed by atoms with Crippen LogP contribution in [0.1, 0.15) is 63.6 Å². The van der Waals surface area contributed by atoms with E-state index in [1.54, 1.807) is 0 Å². The van der Waals surface area contributed by atoms with Gasteiger partial charge < -0.3 is 0 Å². The molecule has 2 aromatic carbocycles. The van der Waals surface area contributed by atoms with Crippen LogP contribution in [-0.2, 0) is 24.8 Å². The number of aromatic nitrogens is 7. The van der Waals surface area contributed by atoms with Crippen molar-refractivity contribution in [1.82, 2.24) is 34.7 Å². The normalized spacial score (nSPS) is 11.7. The SMILES string of the molecule is CCCc1cn(-c2c(CC)cccc2C(C)(C)C)c(=O)n1Cc1ccc(-c2ccccc2-c2nn[nH]n2)cn1. The largest absolute Gasteiger partial charge is 0.333 e. The fourth-order valence-corrected chi connectivity index (χ4v) is 5.12. The summed E-state index contributed by atoms with van der Waals surface area (Å²) >= 11 is 0. The highest BCUT2D eigenvalue weighted by Gasteiger charge is 2.24. The van der Waals surface area contributed by atoms with Crippen molar-refractivity contribution in [2.45, 2.75) is 65.8 Å². The van der Waals surface area contributed by atoms with E-state index in [9.17, 15) is 4.79 Å². The number of nitrogens with zero attached hydrogens (tertiary/aromatic N) is 6. The fourth-order valence-electron chi connectivity index (χ4n) is 5.12. The van der Waals surface area contributed by atoms with Crippen molar-refractivity contribution in [2.24, 2.45) is 0 Å². The van der Waals surface area contributed by atoms with Crippen LogP contribution in [0.25, 0.3) is 28.2 Å². The lowest BCUT2D eigenvalue weighted by Crippen LogP contribution is -2.27. The van der Waals surface area contributed by atoms with Crippen LogP contribution < -0.4 is 5.69 Å². The first-order chi connectivity index (χ1) is 18.8. The molecule has 0 saturated carbocycles. The second-order valence-electron chi connectivity index (χ2n) is 10.8. The quantitative estimate of drug-likeness (QED) is 0.281. The maximum Gasteiger partial charge on any atom is 0.333 e. The molecule has 5 rings (SSSR count). The molecule has 1 N–H and O–H groups in total. The Morgan fingerprint density at radius 1 is 0.949 bits per heavy atom. The Morgan fingerprint density at radius 3 is 2.38 bits per heavy atom. The van der Waals surface area contributed by atoms with Gasteiger partial charge in [0.15, 0.2) is 0 Å². The lowest BCUT2D eigenvalue weighted by atomic mass is 9.84. The molecule has 3 aromatic heterocycles. The predicted molar refractivity (Wildman–Crippen MR) is 154 cm³/mol. The molecule has 0 aliphatic heterocycles. The first-order valence-electron chi connectivity index (χ1n) is 13.5. The Balaban J connectivity index is 1.53. The highest BCUT2D eigenvalue weighted by Crippen LogP contribution is 2.32. The van der Waals surface area contributed by atoms with Crippen LogP contribution in [0.4, 0.5) is 0 Å². The maximum atomic E-state index is 14.0. The molecule has 0 spiro atoms. The van der Waals surface area contributed by atoms with Crippen LogP contribution in [0.3, 0.4) is 0 Å². The average Bonchev–Trinajstić information content (AvgIpc) is 3.58. The van der Waals surface area contributed by atoms with Crippen LogP contribution in [0.2, 0.25) is 0 Å². The number of para-hydroxylation sites is 1. The number of nitrogens with one attached hydrogen (secondary N) is 1. The summed E-state index contributed by atoms with van der Waals surface area (Å²) in [4.78, 5) is 18.7. The molecule has 0 saturated heterocycles. The highest BCUT2D eigenvalue weighted by molar-refractivity contribution is 5.79. The van der Waals surface area contributed by atoms with E-state index in [1.807, 2.05) is 57.9 Å². The van der Waals surface area contributed by atoms with Crippen molar-refractivity contribution in [3.05, 3.63) is 100.0 Å². The van der Waals surface area contributed by atoms with Gasteiger partial charge in [-0.25, -0.2) is 4.79 Å². The van der Waals surface area contributed by atoms with Crippen molar-refractivity contribution in [1.29, 1.82) is 0 Å². The number of pyridine rings is 1. The number of aryl methyl sites for hydroxylation is 2. The first kappa shape index (κ1) is 26.3. The molecule has 0 aliphatic rings. The summed E-state index contributed by atoms with van der Waals surface area (Å²) in [6.07, 6.45) is 6.50. The zero-order valence-corrected chi connectivity index (χ0v) is 23.3. The Morgan fingerprint density at radius 2 is 1.74 bits per heavy atom. The molecule has 0 amide bonds. The summed E-state index contributed by atoms with van der Waals surface area (Å²) in [6.45, 7) is 11.3. The van der Waals surface area contributed by atoms with Gasteiger partial charge in [-0.2, -0.15) is 5.21 Å².